The molecule has 0 fully saturated rings. The van der Waals surface area contributed by atoms with E-state index in [-0.39, 0.29) is 12.3 Å². The molecule has 1 amide bonds. The molecule has 1 aromatic rings. The molecular formula is C13H19F3N2O2. The number of aliphatic hydroxyl groups excluding tert-OH is 1. The van der Waals surface area contributed by atoms with E-state index in [2.05, 4.69) is 5.32 Å². The Morgan fingerprint density at radius 1 is 1.45 bits per heavy atom. The van der Waals surface area contributed by atoms with Crippen LogP contribution in [0.15, 0.2) is 18.3 Å². The Hall–Kier alpha value is -1.50. The number of hydrogen-bond donors (Lipinski definition) is 2. The predicted molar refractivity (Wildman–Crippen MR) is 68.4 cm³/mol. The quantitative estimate of drug-likeness (QED) is 0.845. The average molecular weight is 292 g/mol. The number of alkyl halides is 3. The van der Waals surface area contributed by atoms with E-state index in [1.54, 1.807) is 6.92 Å². The van der Waals surface area contributed by atoms with Crippen LogP contribution in [0.25, 0.3) is 0 Å². The molecule has 1 heterocycles. The van der Waals surface area contributed by atoms with Crippen molar-refractivity contribution in [1.29, 1.82) is 0 Å². The number of amides is 1. The molecule has 0 saturated carbocycles. The summed E-state index contributed by atoms with van der Waals surface area (Å²) in [4.78, 5) is 12.1. The van der Waals surface area contributed by atoms with Gasteiger partial charge in [-0.3, -0.25) is 4.79 Å². The fourth-order valence-electron chi connectivity index (χ4n) is 1.86. The van der Waals surface area contributed by atoms with E-state index in [0.717, 1.165) is 4.57 Å². The Morgan fingerprint density at radius 2 is 2.10 bits per heavy atom. The van der Waals surface area contributed by atoms with Crippen LogP contribution in [0.5, 0.6) is 0 Å². The third kappa shape index (κ3) is 4.56. The SMILES string of the molecule is CCC(C)(CCO)NC(=O)c1cccn1CC(F)(F)F. The van der Waals surface area contributed by atoms with E-state index >= 15 is 0 Å². The van der Waals surface area contributed by atoms with Crippen LogP contribution in [-0.4, -0.2) is 33.9 Å². The van der Waals surface area contributed by atoms with Crippen molar-refractivity contribution < 1.29 is 23.1 Å². The topological polar surface area (TPSA) is 54.3 Å². The number of aromatic nitrogens is 1. The molecule has 4 nitrogen and oxygen atoms in total. The minimum atomic E-state index is -4.38. The van der Waals surface area contributed by atoms with E-state index in [1.807, 2.05) is 6.92 Å². The molecule has 0 aliphatic heterocycles. The van der Waals surface area contributed by atoms with Crippen molar-refractivity contribution in [2.24, 2.45) is 0 Å². The first-order valence-corrected chi connectivity index (χ1v) is 6.36. The predicted octanol–water partition coefficient (Wildman–Crippen LogP) is 2.33. The molecule has 0 bridgehead atoms. The molecule has 0 aliphatic rings. The van der Waals surface area contributed by atoms with Gasteiger partial charge in [0.1, 0.15) is 12.2 Å². The Bertz CT molecular complexity index is 457. The van der Waals surface area contributed by atoms with Gasteiger partial charge in [0, 0.05) is 18.3 Å². The van der Waals surface area contributed by atoms with Gasteiger partial charge in [0.15, 0.2) is 0 Å². The smallest absolute Gasteiger partial charge is 0.396 e. The standard InChI is InChI=1S/C13H19F3N2O2/c1-3-12(2,6-8-19)17-11(20)10-5-4-7-18(10)9-13(14,15)16/h4-5,7,19H,3,6,8-9H2,1-2H3,(H,17,20). The van der Waals surface area contributed by atoms with Gasteiger partial charge in [-0.05, 0) is 31.9 Å². The Labute approximate surface area is 115 Å². The molecular weight excluding hydrogens is 273 g/mol. The lowest BCUT2D eigenvalue weighted by Crippen LogP contribution is -2.46. The van der Waals surface area contributed by atoms with Crippen LogP contribution >= 0.6 is 0 Å². The van der Waals surface area contributed by atoms with Crippen molar-refractivity contribution in [3.63, 3.8) is 0 Å². The normalized spacial score (nSPS) is 14.9. The third-order valence-electron chi connectivity index (χ3n) is 3.27. The number of aliphatic hydroxyl groups is 1. The van der Waals surface area contributed by atoms with Crippen LogP contribution in [-0.2, 0) is 6.54 Å². The molecule has 2 N–H and O–H groups in total. The third-order valence-corrected chi connectivity index (χ3v) is 3.27. The van der Waals surface area contributed by atoms with Gasteiger partial charge in [-0.1, -0.05) is 6.92 Å². The molecule has 1 aromatic heterocycles. The van der Waals surface area contributed by atoms with E-state index in [1.165, 1.54) is 18.3 Å². The first-order valence-electron chi connectivity index (χ1n) is 6.36. The number of nitrogens with one attached hydrogen (secondary N) is 1. The molecule has 114 valence electrons. The van der Waals surface area contributed by atoms with Crippen LogP contribution in [0, 0.1) is 0 Å². The number of rotatable bonds is 6. The van der Waals surface area contributed by atoms with E-state index in [9.17, 15) is 18.0 Å². The summed E-state index contributed by atoms with van der Waals surface area (Å²) in [7, 11) is 0. The van der Waals surface area contributed by atoms with Gasteiger partial charge < -0.3 is 15.0 Å². The zero-order valence-corrected chi connectivity index (χ0v) is 11.5. The number of carbonyl (C=O) groups is 1. The largest absolute Gasteiger partial charge is 0.406 e. The Balaban J connectivity index is 2.85. The molecule has 0 aromatic carbocycles. The lowest BCUT2D eigenvalue weighted by Gasteiger charge is -2.29. The zero-order chi connectivity index (χ0) is 15.4. The van der Waals surface area contributed by atoms with Crippen molar-refractivity contribution in [2.75, 3.05) is 6.61 Å². The second-order valence-corrected chi connectivity index (χ2v) is 4.98. The summed E-state index contributed by atoms with van der Waals surface area (Å²) in [5.41, 5.74) is -0.681. The number of halogens is 3. The summed E-state index contributed by atoms with van der Waals surface area (Å²) in [5.74, 6) is -0.572. The van der Waals surface area contributed by atoms with Gasteiger partial charge in [0.05, 0.1) is 0 Å². The van der Waals surface area contributed by atoms with E-state index < -0.39 is 24.2 Å². The number of hydrogen-bond acceptors (Lipinski definition) is 2. The molecule has 1 unspecified atom stereocenters. The highest BCUT2D eigenvalue weighted by Gasteiger charge is 2.31. The minimum Gasteiger partial charge on any atom is -0.396 e. The fourth-order valence-corrected chi connectivity index (χ4v) is 1.86. The maximum absolute atomic E-state index is 12.4. The van der Waals surface area contributed by atoms with Crippen molar-refractivity contribution in [3.8, 4) is 0 Å². The number of nitrogens with zero attached hydrogens (tertiary/aromatic N) is 1. The van der Waals surface area contributed by atoms with Gasteiger partial charge in [-0.15, -0.1) is 0 Å². The van der Waals surface area contributed by atoms with Crippen LogP contribution in [0.2, 0.25) is 0 Å². The van der Waals surface area contributed by atoms with Gasteiger partial charge in [0.25, 0.3) is 5.91 Å². The Morgan fingerprint density at radius 3 is 2.60 bits per heavy atom. The van der Waals surface area contributed by atoms with E-state index in [4.69, 9.17) is 5.11 Å². The molecule has 1 rings (SSSR count). The van der Waals surface area contributed by atoms with Gasteiger partial charge in [-0.2, -0.15) is 13.2 Å². The molecule has 0 spiro atoms. The summed E-state index contributed by atoms with van der Waals surface area (Å²) in [5, 5.41) is 11.7. The van der Waals surface area contributed by atoms with Crippen molar-refractivity contribution in [1.82, 2.24) is 9.88 Å². The summed E-state index contributed by atoms with van der Waals surface area (Å²) in [6.45, 7) is 2.28. The van der Waals surface area contributed by atoms with Crippen molar-refractivity contribution in [3.05, 3.63) is 24.0 Å². The fraction of sp³-hybridized carbons (Fsp3) is 0.615. The highest BCUT2D eigenvalue weighted by molar-refractivity contribution is 5.93. The Kier molecular flexibility index (Phi) is 5.21. The molecule has 7 heteroatoms. The highest BCUT2D eigenvalue weighted by Crippen LogP contribution is 2.20. The summed E-state index contributed by atoms with van der Waals surface area (Å²) in [6.07, 6.45) is -2.25. The molecule has 1 atom stereocenters. The van der Waals surface area contributed by atoms with Gasteiger partial charge >= 0.3 is 6.18 Å². The maximum atomic E-state index is 12.4. The second-order valence-electron chi connectivity index (χ2n) is 4.98. The maximum Gasteiger partial charge on any atom is 0.406 e. The molecule has 0 radical (unpaired) electrons. The molecule has 20 heavy (non-hydrogen) atoms. The van der Waals surface area contributed by atoms with Crippen LogP contribution in [0.1, 0.15) is 37.2 Å². The minimum absolute atomic E-state index is 0.0417. The lowest BCUT2D eigenvalue weighted by molar-refractivity contribution is -0.140. The first-order chi connectivity index (χ1) is 9.21. The molecule has 0 aliphatic carbocycles. The van der Waals surface area contributed by atoms with Crippen LogP contribution in [0.3, 0.4) is 0 Å². The van der Waals surface area contributed by atoms with Crippen molar-refractivity contribution >= 4 is 5.91 Å². The summed E-state index contributed by atoms with van der Waals surface area (Å²) < 4.78 is 38.1. The number of carbonyl (C=O) groups excluding carboxylic acids is 1. The van der Waals surface area contributed by atoms with Gasteiger partial charge in [0.2, 0.25) is 0 Å². The van der Waals surface area contributed by atoms with Crippen molar-refractivity contribution in [2.45, 2.75) is 44.9 Å². The summed E-state index contributed by atoms with van der Waals surface area (Å²) in [6, 6.07) is 2.74. The van der Waals surface area contributed by atoms with Crippen LogP contribution in [0.4, 0.5) is 13.2 Å². The molecule has 0 saturated heterocycles. The lowest BCUT2D eigenvalue weighted by atomic mass is 9.95. The van der Waals surface area contributed by atoms with E-state index in [0.29, 0.717) is 12.8 Å². The highest BCUT2D eigenvalue weighted by atomic mass is 19.4. The summed E-state index contributed by atoms with van der Waals surface area (Å²) >= 11 is 0. The second kappa shape index (κ2) is 6.30. The average Bonchev–Trinajstić information content (AvgIpc) is 2.75. The van der Waals surface area contributed by atoms with Gasteiger partial charge in [-0.25, -0.2) is 0 Å². The monoisotopic (exact) mass is 292 g/mol. The first kappa shape index (κ1) is 16.6. The zero-order valence-electron chi connectivity index (χ0n) is 11.5. The van der Waals surface area contributed by atoms with Crippen LogP contribution < -0.4 is 5.32 Å².